The van der Waals surface area contributed by atoms with Gasteiger partial charge in [0.1, 0.15) is 0 Å². The van der Waals surface area contributed by atoms with Crippen molar-refractivity contribution in [3.63, 3.8) is 0 Å². The molecule has 0 atom stereocenters. The van der Waals surface area contributed by atoms with Crippen molar-refractivity contribution in [1.82, 2.24) is 0 Å². The fourth-order valence-electron chi connectivity index (χ4n) is 1.53. The van der Waals surface area contributed by atoms with E-state index in [1.807, 2.05) is 0 Å². The van der Waals surface area contributed by atoms with Crippen LogP contribution in [-0.4, -0.2) is 25.0 Å². The van der Waals surface area contributed by atoms with Gasteiger partial charge in [-0.25, -0.2) is 0 Å². The van der Waals surface area contributed by atoms with E-state index in [1.165, 1.54) is 61.4 Å². The van der Waals surface area contributed by atoms with E-state index in [9.17, 15) is 19.8 Å². The van der Waals surface area contributed by atoms with Crippen molar-refractivity contribution in [3.05, 3.63) is 69.7 Å². The van der Waals surface area contributed by atoms with Gasteiger partial charge >= 0.3 is 0 Å². The van der Waals surface area contributed by atoms with Crippen LogP contribution in [0.5, 0.6) is 0 Å². The van der Waals surface area contributed by atoms with E-state index < -0.39 is 11.9 Å². The van der Waals surface area contributed by atoms with Crippen LogP contribution >= 0.6 is 23.2 Å². The quantitative estimate of drug-likeness (QED) is 0.663. The van der Waals surface area contributed by atoms with Gasteiger partial charge in [0.15, 0.2) is 0 Å². The SMILES string of the molecule is O=C([O-])c1ccc(Cl)cc1.O=C([O-])c1ccc(Cl)cc1.[NH3+]CCCC[NH3+]. The fourth-order valence-corrected chi connectivity index (χ4v) is 1.78. The van der Waals surface area contributed by atoms with Crippen molar-refractivity contribution >= 4 is 35.1 Å². The summed E-state index contributed by atoms with van der Waals surface area (Å²) >= 11 is 11.0. The first-order valence-electron chi connectivity index (χ1n) is 7.84. The Balaban J connectivity index is 0.000000375. The standard InChI is InChI=1S/2C7H5ClO2.C4H12N2/c2*8-6-3-1-5(2-4-6)7(9)10;5-3-1-2-4-6/h2*1-4H,(H,9,10);1-6H2. The predicted molar refractivity (Wildman–Crippen MR) is 96.3 cm³/mol. The second-order valence-electron chi connectivity index (χ2n) is 5.00. The zero-order valence-electron chi connectivity index (χ0n) is 14.3. The number of hydrogen-bond acceptors (Lipinski definition) is 4. The van der Waals surface area contributed by atoms with E-state index in [4.69, 9.17) is 23.2 Å². The van der Waals surface area contributed by atoms with Crippen LogP contribution in [0.3, 0.4) is 0 Å². The molecule has 8 heteroatoms. The third-order valence-electron chi connectivity index (χ3n) is 2.91. The second kappa shape index (κ2) is 14.1. The zero-order valence-corrected chi connectivity index (χ0v) is 15.8. The molecule has 2 rings (SSSR count). The minimum Gasteiger partial charge on any atom is -0.545 e. The molecule has 142 valence electrons. The fraction of sp³-hybridized carbons (Fsp3) is 0.222. The van der Waals surface area contributed by atoms with Gasteiger partial charge in [0.25, 0.3) is 0 Å². The molecule has 0 spiro atoms. The molecule has 0 aliphatic rings. The summed E-state index contributed by atoms with van der Waals surface area (Å²) in [6.45, 7) is 2.13. The Hall–Kier alpha value is -2.12. The van der Waals surface area contributed by atoms with Crippen LogP contribution in [0.1, 0.15) is 33.6 Å². The van der Waals surface area contributed by atoms with Gasteiger partial charge in [-0.1, -0.05) is 47.5 Å². The Bertz CT molecular complexity index is 602. The number of carbonyl (C=O) groups excluding carboxylic acids is 2. The predicted octanol–water partition coefficient (Wildman–Crippen LogP) is -0.343. The largest absolute Gasteiger partial charge is 0.545 e. The summed E-state index contributed by atoms with van der Waals surface area (Å²) in [5, 5.41) is 21.4. The Morgan fingerprint density at radius 3 is 1.15 bits per heavy atom. The first-order chi connectivity index (χ1) is 12.3. The Morgan fingerprint density at radius 1 is 0.692 bits per heavy atom. The van der Waals surface area contributed by atoms with Crippen LogP contribution in [0.25, 0.3) is 0 Å². The van der Waals surface area contributed by atoms with E-state index in [1.54, 1.807) is 0 Å². The van der Waals surface area contributed by atoms with Crippen molar-refractivity contribution in [2.75, 3.05) is 13.1 Å². The number of unbranched alkanes of at least 4 members (excludes halogenated alkanes) is 1. The molecule has 6 nitrogen and oxygen atoms in total. The molecular formula is C18H22Cl2N2O4. The number of aromatic carboxylic acids is 2. The van der Waals surface area contributed by atoms with Crippen LogP contribution in [0, 0.1) is 0 Å². The van der Waals surface area contributed by atoms with Gasteiger partial charge in [-0.15, -0.1) is 0 Å². The number of carboxylic acid groups (broad SMARTS) is 2. The number of quaternary nitrogens is 2. The average Bonchev–Trinajstić information content (AvgIpc) is 2.62. The summed E-state index contributed by atoms with van der Waals surface area (Å²) in [5.41, 5.74) is 7.68. The highest BCUT2D eigenvalue weighted by molar-refractivity contribution is 6.30. The van der Waals surface area contributed by atoms with E-state index in [-0.39, 0.29) is 11.1 Å². The van der Waals surface area contributed by atoms with E-state index in [2.05, 4.69) is 11.5 Å². The first-order valence-corrected chi connectivity index (χ1v) is 8.59. The van der Waals surface area contributed by atoms with Gasteiger partial charge in [0, 0.05) is 22.9 Å². The smallest absolute Gasteiger partial charge is 0.0742 e. The van der Waals surface area contributed by atoms with Crippen molar-refractivity contribution in [2.45, 2.75) is 12.8 Å². The highest BCUT2D eigenvalue weighted by Gasteiger charge is 1.91. The summed E-state index contributed by atoms with van der Waals surface area (Å²) < 4.78 is 0. The van der Waals surface area contributed by atoms with Crippen LogP contribution in [0.4, 0.5) is 0 Å². The zero-order chi connectivity index (χ0) is 19.9. The third-order valence-corrected chi connectivity index (χ3v) is 3.41. The molecule has 0 saturated carbocycles. The lowest BCUT2D eigenvalue weighted by Crippen LogP contribution is -2.53. The van der Waals surface area contributed by atoms with Crippen LogP contribution < -0.4 is 21.7 Å². The molecule has 0 saturated heterocycles. The molecule has 26 heavy (non-hydrogen) atoms. The van der Waals surface area contributed by atoms with Gasteiger partial charge in [-0.2, -0.15) is 0 Å². The summed E-state index contributed by atoms with van der Waals surface area (Å²) in [4.78, 5) is 20.3. The van der Waals surface area contributed by atoms with E-state index >= 15 is 0 Å². The van der Waals surface area contributed by atoms with Gasteiger partial charge in [-0.3, -0.25) is 0 Å². The summed E-state index contributed by atoms with van der Waals surface area (Å²) in [6, 6.07) is 11.6. The number of hydrogen-bond donors (Lipinski definition) is 2. The number of halogens is 2. The summed E-state index contributed by atoms with van der Waals surface area (Å²) in [7, 11) is 0. The Kier molecular flexibility index (Phi) is 12.9. The highest BCUT2D eigenvalue weighted by Crippen LogP contribution is 2.08. The molecule has 0 amide bonds. The van der Waals surface area contributed by atoms with Gasteiger partial charge in [-0.05, 0) is 35.4 Å². The van der Waals surface area contributed by atoms with Gasteiger partial charge in [0.2, 0.25) is 0 Å². The minimum absolute atomic E-state index is 0.143. The molecule has 2 aromatic rings. The lowest BCUT2D eigenvalue weighted by Gasteiger charge is -1.99. The second-order valence-corrected chi connectivity index (χ2v) is 5.88. The average molecular weight is 401 g/mol. The molecule has 0 bridgehead atoms. The maximum absolute atomic E-state index is 10.2. The molecule has 6 N–H and O–H groups in total. The summed E-state index contributed by atoms with van der Waals surface area (Å²) in [6.07, 6.45) is 2.48. The maximum Gasteiger partial charge on any atom is 0.0742 e. The monoisotopic (exact) mass is 400 g/mol. The number of carboxylic acids is 2. The molecular weight excluding hydrogens is 379 g/mol. The van der Waals surface area contributed by atoms with Crippen LogP contribution in [0.15, 0.2) is 48.5 Å². The maximum atomic E-state index is 10.2. The lowest BCUT2D eigenvalue weighted by atomic mass is 10.2. The van der Waals surface area contributed by atoms with E-state index in [0.717, 1.165) is 13.1 Å². The van der Waals surface area contributed by atoms with Crippen molar-refractivity contribution in [2.24, 2.45) is 0 Å². The topological polar surface area (TPSA) is 136 Å². The Labute approximate surface area is 162 Å². The normalized spacial score (nSPS) is 9.23. The molecule has 2 aromatic carbocycles. The van der Waals surface area contributed by atoms with Crippen molar-refractivity contribution < 1.29 is 31.3 Å². The molecule has 0 heterocycles. The molecule has 0 unspecified atom stereocenters. The molecule has 0 fully saturated rings. The van der Waals surface area contributed by atoms with Crippen LogP contribution in [0.2, 0.25) is 10.0 Å². The first kappa shape index (κ1) is 23.9. The lowest BCUT2D eigenvalue weighted by molar-refractivity contribution is -0.384. The Morgan fingerprint density at radius 2 is 0.962 bits per heavy atom. The van der Waals surface area contributed by atoms with Gasteiger partial charge < -0.3 is 31.3 Å². The minimum atomic E-state index is -1.18. The van der Waals surface area contributed by atoms with Gasteiger partial charge in [0.05, 0.1) is 25.0 Å². The highest BCUT2D eigenvalue weighted by atomic mass is 35.5. The number of benzene rings is 2. The van der Waals surface area contributed by atoms with Crippen LogP contribution in [-0.2, 0) is 0 Å². The number of rotatable bonds is 5. The molecule has 0 aliphatic heterocycles. The molecule has 0 aromatic heterocycles. The molecule has 0 radical (unpaired) electrons. The summed E-state index contributed by atoms with van der Waals surface area (Å²) in [5.74, 6) is -2.37. The van der Waals surface area contributed by atoms with E-state index in [0.29, 0.717) is 10.0 Å². The third kappa shape index (κ3) is 11.4. The molecule has 0 aliphatic carbocycles. The van der Waals surface area contributed by atoms with Crippen molar-refractivity contribution in [3.8, 4) is 0 Å². The van der Waals surface area contributed by atoms with Crippen molar-refractivity contribution in [1.29, 1.82) is 0 Å². The number of carbonyl (C=O) groups is 2.